The Morgan fingerprint density at radius 1 is 1.14 bits per heavy atom. The highest BCUT2D eigenvalue weighted by Crippen LogP contribution is 2.51. The normalized spacial score (nSPS) is 16.1. The van der Waals surface area contributed by atoms with Crippen molar-refractivity contribution in [3.8, 4) is 17.2 Å². The van der Waals surface area contributed by atoms with Crippen LogP contribution in [-0.2, 0) is 21.4 Å². The molecular weight excluding hydrogens is 446 g/mol. The third-order valence-electron chi connectivity index (χ3n) is 6.71. The predicted molar refractivity (Wildman–Crippen MR) is 131 cm³/mol. The lowest BCUT2D eigenvalue weighted by Gasteiger charge is -2.21. The first-order chi connectivity index (χ1) is 17.1. The molecule has 35 heavy (non-hydrogen) atoms. The second-order valence-corrected chi connectivity index (χ2v) is 8.90. The minimum Gasteiger partial charge on any atom is -0.496 e. The second-order valence-electron chi connectivity index (χ2n) is 8.90. The Bertz CT molecular complexity index is 1190. The molecule has 2 aromatic carbocycles. The number of nitrogens with zero attached hydrogens (tertiary/aromatic N) is 1. The van der Waals surface area contributed by atoms with E-state index in [9.17, 15) is 9.90 Å². The largest absolute Gasteiger partial charge is 0.496 e. The average Bonchev–Trinajstić information content (AvgIpc) is 3.58. The molecule has 5 rings (SSSR count). The summed E-state index contributed by atoms with van der Waals surface area (Å²) in [6, 6.07) is 17.3. The minimum absolute atomic E-state index is 0. The summed E-state index contributed by atoms with van der Waals surface area (Å²) in [6.45, 7) is 0.677. The SMILES string of the molecule is COc1ccccc1C(OCCCO)c1ccc(CC(=O)C2(c3ccc4c(c3)OCO4)CC2)nc1.[HH]. The van der Waals surface area contributed by atoms with E-state index in [1.54, 1.807) is 13.3 Å². The first-order valence-electron chi connectivity index (χ1n) is 11.9. The summed E-state index contributed by atoms with van der Waals surface area (Å²) >= 11 is 0. The van der Waals surface area contributed by atoms with E-state index >= 15 is 0 Å². The van der Waals surface area contributed by atoms with Crippen molar-refractivity contribution in [3.63, 3.8) is 0 Å². The van der Waals surface area contributed by atoms with Gasteiger partial charge in [-0.15, -0.1) is 0 Å². The number of rotatable bonds is 11. The topological polar surface area (TPSA) is 87.1 Å². The third-order valence-corrected chi connectivity index (χ3v) is 6.71. The van der Waals surface area contributed by atoms with Gasteiger partial charge >= 0.3 is 0 Å². The van der Waals surface area contributed by atoms with E-state index in [4.69, 9.17) is 18.9 Å². The smallest absolute Gasteiger partial charge is 0.231 e. The first-order valence-corrected chi connectivity index (χ1v) is 11.9. The van der Waals surface area contributed by atoms with Gasteiger partial charge in [0.1, 0.15) is 17.6 Å². The van der Waals surface area contributed by atoms with Gasteiger partial charge in [0.05, 0.1) is 19.1 Å². The van der Waals surface area contributed by atoms with E-state index in [2.05, 4.69) is 4.98 Å². The van der Waals surface area contributed by atoms with Gasteiger partial charge in [-0.2, -0.15) is 0 Å². The van der Waals surface area contributed by atoms with Gasteiger partial charge in [-0.25, -0.2) is 0 Å². The van der Waals surface area contributed by atoms with Crippen LogP contribution in [0.1, 0.15) is 49.2 Å². The number of aliphatic hydroxyl groups is 1. The number of fused-ring (bicyclic) bond motifs is 1. The van der Waals surface area contributed by atoms with Gasteiger partial charge in [0.15, 0.2) is 11.5 Å². The van der Waals surface area contributed by atoms with Gasteiger partial charge in [0.2, 0.25) is 6.79 Å². The summed E-state index contributed by atoms with van der Waals surface area (Å²) < 4.78 is 22.5. The van der Waals surface area contributed by atoms with Gasteiger partial charge in [-0.1, -0.05) is 30.3 Å². The summed E-state index contributed by atoms with van der Waals surface area (Å²) in [5, 5.41) is 9.18. The number of Topliss-reactive ketones (excluding diaryl/α,β-unsaturated/α-hetero) is 1. The van der Waals surface area contributed by atoms with Crippen molar-refractivity contribution in [2.75, 3.05) is 27.1 Å². The van der Waals surface area contributed by atoms with E-state index in [1.165, 1.54) is 0 Å². The predicted octanol–water partition coefficient (Wildman–Crippen LogP) is 4.40. The van der Waals surface area contributed by atoms with E-state index < -0.39 is 11.5 Å². The van der Waals surface area contributed by atoms with Crippen molar-refractivity contribution in [2.45, 2.75) is 37.2 Å². The summed E-state index contributed by atoms with van der Waals surface area (Å²) in [4.78, 5) is 17.9. The monoisotopic (exact) mass is 477 g/mol. The van der Waals surface area contributed by atoms with Gasteiger partial charge in [0, 0.05) is 37.5 Å². The number of methoxy groups -OCH3 is 1. The Kier molecular flexibility index (Phi) is 6.70. The molecule has 0 saturated heterocycles. The maximum Gasteiger partial charge on any atom is 0.231 e. The van der Waals surface area contributed by atoms with Gasteiger partial charge in [0.25, 0.3) is 0 Å². The van der Waals surface area contributed by atoms with Crippen LogP contribution < -0.4 is 14.2 Å². The van der Waals surface area contributed by atoms with Crippen molar-refractivity contribution in [3.05, 3.63) is 83.2 Å². The van der Waals surface area contributed by atoms with E-state index in [1.807, 2.05) is 54.6 Å². The summed E-state index contributed by atoms with van der Waals surface area (Å²) in [5.74, 6) is 2.31. The molecule has 1 fully saturated rings. The summed E-state index contributed by atoms with van der Waals surface area (Å²) in [6.07, 6.45) is 3.83. The van der Waals surface area contributed by atoms with Gasteiger partial charge < -0.3 is 24.1 Å². The number of hydrogen-bond acceptors (Lipinski definition) is 7. The molecule has 1 aromatic heterocycles. The highest BCUT2D eigenvalue weighted by Gasteiger charge is 2.51. The number of aromatic nitrogens is 1. The molecule has 1 unspecified atom stereocenters. The van der Waals surface area contributed by atoms with Crippen molar-refractivity contribution in [2.24, 2.45) is 0 Å². The van der Waals surface area contributed by atoms with E-state index in [0.29, 0.717) is 18.8 Å². The van der Waals surface area contributed by atoms with Crippen LogP contribution in [0.25, 0.3) is 0 Å². The molecule has 2 aliphatic rings. The van der Waals surface area contributed by atoms with E-state index in [0.717, 1.165) is 46.7 Å². The maximum absolute atomic E-state index is 13.3. The molecule has 0 spiro atoms. The molecule has 1 aliphatic carbocycles. The quantitative estimate of drug-likeness (QED) is 0.410. The van der Waals surface area contributed by atoms with Gasteiger partial charge in [-0.05, 0) is 49.1 Å². The Balaban J connectivity index is 0.00000304. The molecule has 0 bridgehead atoms. The highest BCUT2D eigenvalue weighted by molar-refractivity contribution is 5.94. The van der Waals surface area contributed by atoms with Crippen molar-refractivity contribution in [1.29, 1.82) is 0 Å². The molecular formula is C28H31NO6. The zero-order valence-corrected chi connectivity index (χ0v) is 19.7. The molecule has 0 radical (unpaired) electrons. The third kappa shape index (κ3) is 4.74. The molecule has 3 aromatic rings. The van der Waals surface area contributed by atoms with Crippen molar-refractivity contribution >= 4 is 5.78 Å². The number of carbonyl (C=O) groups is 1. The fraction of sp³-hybridized carbons (Fsp3) is 0.357. The molecule has 184 valence electrons. The summed E-state index contributed by atoms with van der Waals surface area (Å²) in [7, 11) is 1.63. The first kappa shape index (κ1) is 23.3. The molecule has 1 N–H and O–H groups in total. The molecule has 7 nitrogen and oxygen atoms in total. The van der Waals surface area contributed by atoms with Gasteiger partial charge in [-0.3, -0.25) is 9.78 Å². The van der Waals surface area contributed by atoms with Crippen molar-refractivity contribution in [1.82, 2.24) is 4.98 Å². The lowest BCUT2D eigenvalue weighted by Crippen LogP contribution is -2.23. The fourth-order valence-corrected chi connectivity index (χ4v) is 4.59. The van der Waals surface area contributed by atoms with Crippen molar-refractivity contribution < 1.29 is 30.3 Å². The highest BCUT2D eigenvalue weighted by atomic mass is 16.7. The van der Waals surface area contributed by atoms with E-state index in [-0.39, 0.29) is 27.0 Å². The Hall–Kier alpha value is -3.42. The number of benzene rings is 2. The number of ether oxygens (including phenoxy) is 4. The van der Waals surface area contributed by atoms with Crippen LogP contribution >= 0.6 is 0 Å². The van der Waals surface area contributed by atoms with Crippen LogP contribution in [0, 0.1) is 0 Å². The fourth-order valence-electron chi connectivity index (χ4n) is 4.59. The average molecular weight is 478 g/mol. The molecule has 2 heterocycles. The second kappa shape index (κ2) is 10.1. The van der Waals surface area contributed by atoms with Crippen LogP contribution in [0.4, 0.5) is 0 Å². The van der Waals surface area contributed by atoms with Crippen LogP contribution in [0.15, 0.2) is 60.8 Å². The number of carbonyl (C=O) groups excluding carboxylic acids is 1. The lowest BCUT2D eigenvalue weighted by molar-refractivity contribution is -0.120. The number of pyridine rings is 1. The minimum atomic E-state index is -0.464. The Morgan fingerprint density at radius 3 is 2.71 bits per heavy atom. The molecule has 1 saturated carbocycles. The number of aliphatic hydroxyl groups excluding tert-OH is 1. The van der Waals surface area contributed by atoms with Crippen LogP contribution in [0.5, 0.6) is 17.2 Å². The van der Waals surface area contributed by atoms with Crippen LogP contribution in [0.2, 0.25) is 0 Å². The van der Waals surface area contributed by atoms with Crippen LogP contribution in [0.3, 0.4) is 0 Å². The molecule has 1 aliphatic heterocycles. The Labute approximate surface area is 206 Å². The number of hydrogen-bond donors (Lipinski definition) is 1. The number of ketones is 1. The molecule has 0 amide bonds. The zero-order valence-electron chi connectivity index (χ0n) is 19.7. The standard InChI is InChI=1S/C28H29NO6.H2/c1-32-23-6-3-2-5-22(23)27(33-14-4-13-30)19-7-9-21(29-17-19)16-26(31)28(11-12-28)20-8-10-24-25(15-20)35-18-34-24;/h2-3,5-10,15,17,27,30H,4,11-14,16,18H2,1H3;1H. The molecule has 7 heteroatoms. The molecule has 1 atom stereocenters. The van der Waals surface area contributed by atoms with Crippen LogP contribution in [-0.4, -0.2) is 43.0 Å². The summed E-state index contributed by atoms with van der Waals surface area (Å²) in [5.41, 5.74) is 2.99. The Morgan fingerprint density at radius 2 is 1.97 bits per heavy atom. The lowest BCUT2D eigenvalue weighted by atomic mass is 9.88. The zero-order chi connectivity index (χ0) is 24.3. The maximum atomic E-state index is 13.3. The number of para-hydroxylation sites is 1.